The summed E-state index contributed by atoms with van der Waals surface area (Å²) in [6.45, 7) is 7.36. The molecule has 0 spiro atoms. The summed E-state index contributed by atoms with van der Waals surface area (Å²) >= 11 is 6.34. The Balaban J connectivity index is 1.54. The van der Waals surface area contributed by atoms with Crippen molar-refractivity contribution in [1.29, 1.82) is 0 Å². The zero-order valence-corrected chi connectivity index (χ0v) is 22.5. The third-order valence-corrected chi connectivity index (χ3v) is 7.12. The van der Waals surface area contributed by atoms with E-state index in [-0.39, 0.29) is 11.7 Å². The summed E-state index contributed by atoms with van der Waals surface area (Å²) in [4.78, 5) is 12.2. The van der Waals surface area contributed by atoms with Gasteiger partial charge in [0.15, 0.2) is 15.8 Å². The molecule has 0 atom stereocenters. The molecule has 0 fully saturated rings. The first-order chi connectivity index (χ1) is 16.5. The Morgan fingerprint density at radius 1 is 1.24 bits per heavy atom. The zero-order chi connectivity index (χ0) is 24.3. The predicted molar refractivity (Wildman–Crippen MR) is 142 cm³/mol. The van der Waals surface area contributed by atoms with E-state index in [2.05, 4.69) is 50.5 Å². The van der Waals surface area contributed by atoms with Crippen LogP contribution in [0.2, 0.25) is 0 Å². The lowest BCUT2D eigenvalue weighted by atomic mass is 10.1. The van der Waals surface area contributed by atoms with Crippen molar-refractivity contribution in [3.8, 4) is 22.1 Å². The molecule has 3 aromatic rings. The van der Waals surface area contributed by atoms with E-state index in [1.807, 2.05) is 49.4 Å². The average molecular weight is 564 g/mol. The van der Waals surface area contributed by atoms with Gasteiger partial charge in [0.1, 0.15) is 5.01 Å². The molecule has 0 unspecified atom stereocenters. The zero-order valence-electron chi connectivity index (χ0n) is 19.3. The molecule has 1 N–H and O–H groups in total. The molecular weight excluding hydrogens is 536 g/mol. The lowest BCUT2D eigenvalue weighted by Crippen LogP contribution is -2.19. The van der Waals surface area contributed by atoms with Crippen LogP contribution >= 0.6 is 39.0 Å². The molecule has 2 aromatic carbocycles. The standard InChI is InChI=1S/C24H27BrN4O3S2/c1-4-31-20-13-17(12-19(25)22(20)32-11-10-16(2)3)14-26-27-21(30)15-33-24-29-28-23(34-24)18-8-6-5-7-9-18/h5-9,12-14,16H,4,10-11,15H2,1-3H3,(H,27,30). The quantitative estimate of drug-likeness (QED) is 0.165. The number of ether oxygens (including phenoxy) is 2. The molecule has 0 bridgehead atoms. The van der Waals surface area contributed by atoms with Gasteiger partial charge in [-0.1, -0.05) is 67.3 Å². The Bertz CT molecular complexity index is 1110. The van der Waals surface area contributed by atoms with Gasteiger partial charge >= 0.3 is 0 Å². The molecule has 180 valence electrons. The number of thioether (sulfide) groups is 1. The van der Waals surface area contributed by atoms with Crippen molar-refractivity contribution >= 4 is 51.2 Å². The summed E-state index contributed by atoms with van der Waals surface area (Å²) in [5, 5.41) is 13.2. The molecule has 0 aliphatic carbocycles. The number of hydrogen-bond acceptors (Lipinski definition) is 8. The topological polar surface area (TPSA) is 85.7 Å². The molecule has 3 rings (SSSR count). The van der Waals surface area contributed by atoms with E-state index in [1.54, 1.807) is 6.21 Å². The summed E-state index contributed by atoms with van der Waals surface area (Å²) in [6, 6.07) is 13.6. The Morgan fingerprint density at radius 2 is 2.03 bits per heavy atom. The lowest BCUT2D eigenvalue weighted by Gasteiger charge is -2.15. The van der Waals surface area contributed by atoms with Crippen molar-refractivity contribution in [3.63, 3.8) is 0 Å². The molecule has 0 radical (unpaired) electrons. The molecule has 10 heteroatoms. The second-order valence-corrected chi connectivity index (χ2v) is 10.7. The minimum absolute atomic E-state index is 0.192. The monoisotopic (exact) mass is 562 g/mol. The Labute approximate surface area is 216 Å². The second-order valence-electron chi connectivity index (χ2n) is 7.61. The number of rotatable bonds is 12. The van der Waals surface area contributed by atoms with Gasteiger partial charge in [-0.3, -0.25) is 4.79 Å². The van der Waals surface area contributed by atoms with Crippen LogP contribution in [0.15, 0.2) is 56.4 Å². The van der Waals surface area contributed by atoms with E-state index < -0.39 is 0 Å². The van der Waals surface area contributed by atoms with Crippen LogP contribution in [0.5, 0.6) is 11.5 Å². The third-order valence-electron chi connectivity index (χ3n) is 4.43. The van der Waals surface area contributed by atoms with E-state index in [9.17, 15) is 4.79 Å². The summed E-state index contributed by atoms with van der Waals surface area (Å²) in [7, 11) is 0. The smallest absolute Gasteiger partial charge is 0.250 e. The Hall–Kier alpha value is -2.43. The van der Waals surface area contributed by atoms with Gasteiger partial charge in [-0.05, 0) is 52.9 Å². The van der Waals surface area contributed by atoms with E-state index in [4.69, 9.17) is 9.47 Å². The van der Waals surface area contributed by atoms with Gasteiger partial charge in [0, 0.05) is 5.56 Å². The van der Waals surface area contributed by atoms with Gasteiger partial charge in [0.2, 0.25) is 0 Å². The normalized spacial score (nSPS) is 11.2. The van der Waals surface area contributed by atoms with Crippen LogP contribution in [0.3, 0.4) is 0 Å². The summed E-state index contributed by atoms with van der Waals surface area (Å²) in [5.74, 6) is 1.83. The molecule has 0 aliphatic heterocycles. The molecule has 0 saturated carbocycles. The van der Waals surface area contributed by atoms with Crippen LogP contribution in [0, 0.1) is 5.92 Å². The van der Waals surface area contributed by atoms with Crippen molar-refractivity contribution in [1.82, 2.24) is 15.6 Å². The van der Waals surface area contributed by atoms with Gasteiger partial charge in [-0.15, -0.1) is 10.2 Å². The molecule has 1 amide bonds. The molecule has 1 heterocycles. The fourth-order valence-electron chi connectivity index (χ4n) is 2.77. The molecule has 1 aromatic heterocycles. The first-order valence-corrected chi connectivity index (χ1v) is 13.5. The van der Waals surface area contributed by atoms with Crippen LogP contribution in [0.1, 0.15) is 32.8 Å². The van der Waals surface area contributed by atoms with E-state index >= 15 is 0 Å². The van der Waals surface area contributed by atoms with Gasteiger partial charge in [0.05, 0.1) is 29.7 Å². The Morgan fingerprint density at radius 3 is 2.76 bits per heavy atom. The van der Waals surface area contributed by atoms with E-state index in [0.717, 1.165) is 31.4 Å². The fraction of sp³-hybridized carbons (Fsp3) is 0.333. The van der Waals surface area contributed by atoms with Crippen molar-refractivity contribution in [2.24, 2.45) is 11.0 Å². The number of carbonyl (C=O) groups is 1. The Kier molecular flexibility index (Phi) is 10.4. The molecule has 7 nitrogen and oxygen atoms in total. The van der Waals surface area contributed by atoms with Crippen molar-refractivity contribution in [2.75, 3.05) is 19.0 Å². The maximum Gasteiger partial charge on any atom is 0.250 e. The molecule has 34 heavy (non-hydrogen) atoms. The first kappa shape index (κ1) is 26.2. The maximum absolute atomic E-state index is 12.2. The minimum atomic E-state index is -0.226. The number of benzene rings is 2. The van der Waals surface area contributed by atoms with Crippen LogP contribution in [-0.2, 0) is 4.79 Å². The first-order valence-electron chi connectivity index (χ1n) is 10.9. The van der Waals surface area contributed by atoms with Gasteiger partial charge in [-0.25, -0.2) is 5.43 Å². The number of nitrogens with zero attached hydrogens (tertiary/aromatic N) is 3. The van der Waals surface area contributed by atoms with Crippen molar-refractivity contribution < 1.29 is 14.3 Å². The highest BCUT2D eigenvalue weighted by molar-refractivity contribution is 9.10. The van der Waals surface area contributed by atoms with Crippen LogP contribution < -0.4 is 14.9 Å². The lowest BCUT2D eigenvalue weighted by molar-refractivity contribution is -0.118. The van der Waals surface area contributed by atoms with E-state index in [1.165, 1.54) is 23.1 Å². The molecule has 0 saturated heterocycles. The summed E-state index contributed by atoms with van der Waals surface area (Å²) in [5.41, 5.74) is 4.33. The van der Waals surface area contributed by atoms with Crippen molar-refractivity contribution in [3.05, 3.63) is 52.5 Å². The van der Waals surface area contributed by atoms with Crippen LogP contribution in [-0.4, -0.2) is 41.3 Å². The maximum atomic E-state index is 12.2. The SMILES string of the molecule is CCOc1cc(C=NNC(=O)CSc2nnc(-c3ccccc3)s2)cc(Br)c1OCCC(C)C. The minimum Gasteiger partial charge on any atom is -0.490 e. The summed E-state index contributed by atoms with van der Waals surface area (Å²) in [6.07, 6.45) is 2.53. The number of carbonyl (C=O) groups excluding carboxylic acids is 1. The van der Waals surface area contributed by atoms with Gasteiger partial charge in [-0.2, -0.15) is 5.10 Å². The molecule has 0 aliphatic rings. The predicted octanol–water partition coefficient (Wildman–Crippen LogP) is 6.03. The molecular formula is C24H27BrN4O3S2. The number of nitrogens with one attached hydrogen (secondary N) is 1. The highest BCUT2D eigenvalue weighted by Crippen LogP contribution is 2.37. The average Bonchev–Trinajstić information content (AvgIpc) is 3.29. The van der Waals surface area contributed by atoms with Gasteiger partial charge in [0.25, 0.3) is 5.91 Å². The van der Waals surface area contributed by atoms with Crippen LogP contribution in [0.25, 0.3) is 10.6 Å². The van der Waals surface area contributed by atoms with Crippen LogP contribution in [0.4, 0.5) is 0 Å². The third kappa shape index (κ3) is 8.11. The largest absolute Gasteiger partial charge is 0.490 e. The highest BCUT2D eigenvalue weighted by atomic mass is 79.9. The number of aromatic nitrogens is 2. The van der Waals surface area contributed by atoms with E-state index in [0.29, 0.717) is 30.6 Å². The number of amides is 1. The number of halogens is 1. The summed E-state index contributed by atoms with van der Waals surface area (Å²) < 4.78 is 13.2. The number of hydrazone groups is 1. The van der Waals surface area contributed by atoms with Crippen molar-refractivity contribution in [2.45, 2.75) is 31.5 Å². The number of hydrogen-bond donors (Lipinski definition) is 1. The highest BCUT2D eigenvalue weighted by Gasteiger charge is 2.13. The fourth-order valence-corrected chi connectivity index (χ4v) is 4.99. The second kappa shape index (κ2) is 13.5. The van der Waals surface area contributed by atoms with Gasteiger partial charge < -0.3 is 9.47 Å².